The van der Waals surface area contributed by atoms with Gasteiger partial charge in [0.1, 0.15) is 5.60 Å². The van der Waals surface area contributed by atoms with Gasteiger partial charge in [0.2, 0.25) is 0 Å². The Morgan fingerprint density at radius 1 is 1.03 bits per heavy atom. The molecule has 0 fully saturated rings. The van der Waals surface area contributed by atoms with E-state index in [0.29, 0.717) is 6.42 Å². The van der Waals surface area contributed by atoms with Crippen molar-refractivity contribution in [3.8, 4) is 0 Å². The molecule has 2 aromatic carbocycles. The number of carbonyl (C=O) groups excluding carboxylic acids is 1. The first kappa shape index (κ1) is 22.9. The van der Waals surface area contributed by atoms with Crippen LogP contribution in [0.5, 0.6) is 0 Å². The Labute approximate surface area is 173 Å². The van der Waals surface area contributed by atoms with Crippen molar-refractivity contribution in [3.05, 3.63) is 77.7 Å². The van der Waals surface area contributed by atoms with Gasteiger partial charge < -0.3 is 10.1 Å². The van der Waals surface area contributed by atoms with Crippen LogP contribution in [0.3, 0.4) is 0 Å². The minimum Gasteiger partial charge on any atom is -0.444 e. The van der Waals surface area contributed by atoms with Crippen molar-refractivity contribution in [1.82, 2.24) is 5.32 Å². The number of rotatable bonds is 7. The minimum absolute atomic E-state index is 0.0335. The Morgan fingerprint density at radius 3 is 2.10 bits per heavy atom. The van der Waals surface area contributed by atoms with Gasteiger partial charge in [0.15, 0.2) is 0 Å². The number of amides is 1. The van der Waals surface area contributed by atoms with Gasteiger partial charge in [-0.3, -0.25) is 4.18 Å². The monoisotopic (exact) mass is 418 g/mol. The molecule has 0 aliphatic rings. The van der Waals surface area contributed by atoms with E-state index < -0.39 is 21.8 Å². The summed E-state index contributed by atoms with van der Waals surface area (Å²) in [5.41, 5.74) is 2.95. The molecule has 2 aromatic rings. The molecule has 1 atom stereocenters. The van der Waals surface area contributed by atoms with Crippen LogP contribution in [0.25, 0.3) is 0 Å². The lowest BCUT2D eigenvalue weighted by molar-refractivity contribution is 0.0503. The summed E-state index contributed by atoms with van der Waals surface area (Å²) in [5, 5.41) is 2.92. The number of nitrogens with one attached hydrogen (secondary N) is 1. The van der Waals surface area contributed by atoms with Crippen LogP contribution >= 0.6 is 0 Å². The van der Waals surface area contributed by atoms with Gasteiger partial charge in [-0.05, 0) is 56.4 Å². The van der Waals surface area contributed by atoms with Gasteiger partial charge in [-0.25, -0.2) is 4.79 Å². The van der Waals surface area contributed by atoms with Crippen molar-refractivity contribution in [3.63, 3.8) is 0 Å². The van der Waals surface area contributed by atoms with Gasteiger partial charge >= 0.3 is 6.09 Å². The summed E-state index contributed by atoms with van der Waals surface area (Å²) in [6.07, 6.45) is 1.08. The van der Waals surface area contributed by atoms with Gasteiger partial charge in [-0.2, -0.15) is 8.42 Å². The highest BCUT2D eigenvalue weighted by Crippen LogP contribution is 2.21. The lowest BCUT2D eigenvalue weighted by Gasteiger charge is -2.24. The third-order valence-corrected chi connectivity index (χ3v) is 4.52. The van der Waals surface area contributed by atoms with Crippen molar-refractivity contribution in [1.29, 1.82) is 0 Å². The molecule has 1 radical (unpaired) electrons. The zero-order valence-corrected chi connectivity index (χ0v) is 18.1. The molecule has 0 bridgehead atoms. The molecule has 1 amide bonds. The van der Waals surface area contributed by atoms with Crippen LogP contribution in [0.1, 0.15) is 49.1 Å². The highest BCUT2D eigenvalue weighted by atomic mass is 32.2. The molecule has 0 spiro atoms. The molecule has 0 aliphatic heterocycles. The molecule has 7 heteroatoms. The molecule has 6 nitrogen and oxygen atoms in total. The molecule has 0 aliphatic carbocycles. The Bertz CT molecular complexity index is 913. The van der Waals surface area contributed by atoms with Crippen molar-refractivity contribution in [2.75, 3.05) is 6.26 Å². The number of hydrogen-bond acceptors (Lipinski definition) is 5. The third kappa shape index (κ3) is 8.66. The Morgan fingerprint density at radius 2 is 1.59 bits per heavy atom. The fourth-order valence-electron chi connectivity index (χ4n) is 2.63. The zero-order valence-electron chi connectivity index (χ0n) is 17.3. The summed E-state index contributed by atoms with van der Waals surface area (Å²) < 4.78 is 32.5. The standard InChI is InChI=1S/C22H28NO5S/c1-16-6-8-17(9-7-16)14-20(23-21(24)28-22(2,3)4)19-12-10-18(11-13-19)15-27-29(5,25)26/h6-13,20H,1,14-15H2,2-5H3,(H,23,24). The zero-order chi connectivity index (χ0) is 21.7. The Hall–Kier alpha value is -2.38. The maximum absolute atomic E-state index is 12.3. The van der Waals surface area contributed by atoms with Crippen molar-refractivity contribution >= 4 is 16.2 Å². The van der Waals surface area contributed by atoms with E-state index in [2.05, 4.69) is 12.2 Å². The van der Waals surface area contributed by atoms with Crippen LogP contribution in [0.4, 0.5) is 4.79 Å². The third-order valence-electron chi connectivity index (χ3n) is 3.98. The van der Waals surface area contributed by atoms with E-state index in [0.717, 1.165) is 28.5 Å². The summed E-state index contributed by atoms with van der Waals surface area (Å²) in [7, 11) is -3.50. The molecule has 0 heterocycles. The van der Waals surface area contributed by atoms with E-state index in [4.69, 9.17) is 8.92 Å². The second kappa shape index (κ2) is 9.41. The number of ether oxygens (including phenoxy) is 1. The van der Waals surface area contributed by atoms with Crippen LogP contribution < -0.4 is 5.32 Å². The number of carbonyl (C=O) groups is 1. The summed E-state index contributed by atoms with van der Waals surface area (Å²) in [6, 6.07) is 14.7. The fourth-order valence-corrected chi connectivity index (χ4v) is 2.98. The summed E-state index contributed by atoms with van der Waals surface area (Å²) in [6.45, 7) is 9.29. The maximum atomic E-state index is 12.3. The molecule has 0 saturated heterocycles. The number of benzene rings is 2. The fraction of sp³-hybridized carbons (Fsp3) is 0.364. The van der Waals surface area contributed by atoms with Crippen LogP contribution in [0, 0.1) is 6.92 Å². The molecule has 29 heavy (non-hydrogen) atoms. The van der Waals surface area contributed by atoms with Crippen molar-refractivity contribution < 1.29 is 22.1 Å². The van der Waals surface area contributed by atoms with Crippen LogP contribution in [-0.2, 0) is 32.1 Å². The first-order valence-electron chi connectivity index (χ1n) is 9.25. The van der Waals surface area contributed by atoms with E-state index >= 15 is 0 Å². The molecule has 0 saturated carbocycles. The van der Waals surface area contributed by atoms with Crippen LogP contribution in [0.2, 0.25) is 0 Å². The van der Waals surface area contributed by atoms with Gasteiger partial charge in [0.05, 0.1) is 18.9 Å². The first-order valence-corrected chi connectivity index (χ1v) is 11.1. The average molecular weight is 419 g/mol. The number of alkyl carbamates (subject to hydrolysis) is 1. The molecule has 1 N–H and O–H groups in total. The van der Waals surface area contributed by atoms with Crippen molar-refractivity contribution in [2.24, 2.45) is 0 Å². The quantitative estimate of drug-likeness (QED) is 0.683. The van der Waals surface area contributed by atoms with Crippen LogP contribution in [0.15, 0.2) is 48.5 Å². The highest BCUT2D eigenvalue weighted by Gasteiger charge is 2.21. The smallest absolute Gasteiger partial charge is 0.408 e. The van der Waals surface area contributed by atoms with Gasteiger partial charge in [-0.15, -0.1) is 0 Å². The van der Waals surface area contributed by atoms with E-state index in [-0.39, 0.29) is 12.6 Å². The topological polar surface area (TPSA) is 81.7 Å². The lowest BCUT2D eigenvalue weighted by atomic mass is 9.97. The van der Waals surface area contributed by atoms with E-state index in [1.54, 1.807) is 12.1 Å². The van der Waals surface area contributed by atoms with E-state index in [1.165, 1.54) is 0 Å². The normalized spacial score (nSPS) is 13.0. The summed E-state index contributed by atoms with van der Waals surface area (Å²) in [4.78, 5) is 12.3. The SMILES string of the molecule is [CH2]c1ccc(CC(NC(=O)OC(C)(C)C)c2ccc(COS(C)(=O)=O)cc2)cc1. The van der Waals surface area contributed by atoms with Crippen LogP contribution in [-0.4, -0.2) is 26.4 Å². The summed E-state index contributed by atoms with van der Waals surface area (Å²) >= 11 is 0. The Kier molecular flexibility index (Phi) is 7.43. The highest BCUT2D eigenvalue weighted by molar-refractivity contribution is 7.85. The van der Waals surface area contributed by atoms with Gasteiger partial charge in [0, 0.05) is 0 Å². The molecular weight excluding hydrogens is 390 g/mol. The maximum Gasteiger partial charge on any atom is 0.408 e. The molecule has 157 valence electrons. The predicted octanol–water partition coefficient (Wildman–Crippen LogP) is 4.15. The average Bonchev–Trinajstić information content (AvgIpc) is 2.59. The van der Waals surface area contributed by atoms with E-state index in [1.807, 2.05) is 57.2 Å². The molecule has 0 aromatic heterocycles. The number of hydrogen-bond donors (Lipinski definition) is 1. The second-order valence-corrected chi connectivity index (χ2v) is 9.57. The Balaban J connectivity index is 2.18. The second-order valence-electron chi connectivity index (χ2n) is 7.93. The molecular formula is C22H28NO5S. The predicted molar refractivity (Wildman–Crippen MR) is 113 cm³/mol. The first-order chi connectivity index (χ1) is 13.4. The van der Waals surface area contributed by atoms with E-state index in [9.17, 15) is 13.2 Å². The van der Waals surface area contributed by atoms with Gasteiger partial charge in [0.25, 0.3) is 10.1 Å². The molecule has 1 unspecified atom stereocenters. The largest absolute Gasteiger partial charge is 0.444 e. The minimum atomic E-state index is -3.50. The van der Waals surface area contributed by atoms with Gasteiger partial charge in [-0.1, -0.05) is 48.5 Å². The molecule has 2 rings (SSSR count). The summed E-state index contributed by atoms with van der Waals surface area (Å²) in [5.74, 6) is 0. The lowest BCUT2D eigenvalue weighted by Crippen LogP contribution is -2.35. The van der Waals surface area contributed by atoms with Crippen molar-refractivity contribution in [2.45, 2.75) is 45.4 Å².